The summed E-state index contributed by atoms with van der Waals surface area (Å²) in [6.07, 6.45) is 3.16. The van der Waals surface area contributed by atoms with Crippen molar-refractivity contribution in [3.05, 3.63) is 54.1 Å². The van der Waals surface area contributed by atoms with Crippen LogP contribution < -0.4 is 10.1 Å². The number of pyridine rings is 1. The first-order valence-corrected chi connectivity index (χ1v) is 5.75. The maximum atomic E-state index is 13.1. The number of nitrogens with one attached hydrogen (secondary N) is 1. The van der Waals surface area contributed by atoms with E-state index in [0.717, 1.165) is 0 Å². The number of aromatic nitrogens is 1. The molecule has 1 aromatic heterocycles. The van der Waals surface area contributed by atoms with Gasteiger partial charge in [-0.1, -0.05) is 5.92 Å². The van der Waals surface area contributed by atoms with E-state index in [1.165, 1.54) is 25.3 Å². The van der Waals surface area contributed by atoms with E-state index in [0.29, 0.717) is 11.3 Å². The van der Waals surface area contributed by atoms with Gasteiger partial charge in [0.2, 0.25) is 0 Å². The average molecular weight is 270 g/mol. The summed E-state index contributed by atoms with van der Waals surface area (Å²) in [5.41, 5.74) is 0.905. The van der Waals surface area contributed by atoms with Crippen LogP contribution in [-0.2, 0) is 4.79 Å². The quantitative estimate of drug-likeness (QED) is 0.851. The second kappa shape index (κ2) is 6.34. The lowest BCUT2D eigenvalue weighted by atomic mass is 10.2. The molecule has 0 saturated carbocycles. The Morgan fingerprint density at radius 2 is 2.05 bits per heavy atom. The third kappa shape index (κ3) is 3.56. The predicted octanol–water partition coefficient (Wildman–Crippen LogP) is 2.22. The molecule has 5 heteroatoms. The lowest BCUT2D eigenvalue weighted by Crippen LogP contribution is -2.09. The Bertz CT molecular complexity index is 675. The Morgan fingerprint density at radius 1 is 1.30 bits per heavy atom. The van der Waals surface area contributed by atoms with Crippen molar-refractivity contribution >= 4 is 11.6 Å². The van der Waals surface area contributed by atoms with Crippen LogP contribution >= 0.6 is 0 Å². The SMILES string of the molecule is COc1ccc(F)cc1NC(=O)C#Cc1ccncc1. The van der Waals surface area contributed by atoms with Gasteiger partial charge in [0.05, 0.1) is 12.8 Å². The van der Waals surface area contributed by atoms with E-state index >= 15 is 0 Å². The monoisotopic (exact) mass is 270 g/mol. The second-order valence-corrected chi connectivity index (χ2v) is 3.78. The molecule has 0 unspecified atom stereocenters. The van der Waals surface area contributed by atoms with Crippen LogP contribution in [0.3, 0.4) is 0 Å². The van der Waals surface area contributed by atoms with Crippen molar-refractivity contribution < 1.29 is 13.9 Å². The smallest absolute Gasteiger partial charge is 0.300 e. The van der Waals surface area contributed by atoms with Crippen LogP contribution in [0.15, 0.2) is 42.7 Å². The number of nitrogens with zero attached hydrogens (tertiary/aromatic N) is 1. The number of halogens is 1. The highest BCUT2D eigenvalue weighted by atomic mass is 19.1. The molecular formula is C15H11FN2O2. The van der Waals surface area contributed by atoms with Gasteiger partial charge in [-0.25, -0.2) is 4.39 Å². The summed E-state index contributed by atoms with van der Waals surface area (Å²) in [7, 11) is 1.44. The van der Waals surface area contributed by atoms with Gasteiger partial charge in [0, 0.05) is 29.9 Å². The number of carbonyl (C=O) groups is 1. The minimum Gasteiger partial charge on any atom is -0.495 e. The number of anilines is 1. The summed E-state index contributed by atoms with van der Waals surface area (Å²) < 4.78 is 18.2. The molecule has 0 fully saturated rings. The lowest BCUT2D eigenvalue weighted by Gasteiger charge is -2.07. The van der Waals surface area contributed by atoms with Gasteiger partial charge < -0.3 is 10.1 Å². The molecule has 0 atom stereocenters. The van der Waals surface area contributed by atoms with E-state index in [4.69, 9.17) is 4.74 Å². The van der Waals surface area contributed by atoms with Crippen molar-refractivity contribution in [1.82, 2.24) is 4.98 Å². The first kappa shape index (κ1) is 13.6. The summed E-state index contributed by atoms with van der Waals surface area (Å²) in [5.74, 6) is 4.44. The predicted molar refractivity (Wildman–Crippen MR) is 72.7 cm³/mol. The normalized spacial score (nSPS) is 9.30. The Hall–Kier alpha value is -2.87. The molecule has 0 aliphatic rings. The first-order chi connectivity index (χ1) is 9.69. The summed E-state index contributed by atoms with van der Waals surface area (Å²) in [4.78, 5) is 15.5. The lowest BCUT2D eigenvalue weighted by molar-refractivity contribution is -0.111. The standard InChI is InChI=1S/C15H11FN2O2/c1-20-14-4-3-12(16)10-13(14)18-15(19)5-2-11-6-8-17-9-7-11/h3-4,6-10H,1H3,(H,18,19). The van der Waals surface area contributed by atoms with Crippen LogP contribution in [0.2, 0.25) is 0 Å². The number of rotatable bonds is 2. The van der Waals surface area contributed by atoms with E-state index < -0.39 is 11.7 Å². The molecule has 0 saturated heterocycles. The molecule has 0 bridgehead atoms. The Kier molecular flexibility index (Phi) is 4.30. The van der Waals surface area contributed by atoms with Gasteiger partial charge >= 0.3 is 5.91 Å². The van der Waals surface area contributed by atoms with Gasteiger partial charge in [-0.2, -0.15) is 0 Å². The van der Waals surface area contributed by atoms with Crippen molar-refractivity contribution in [2.24, 2.45) is 0 Å². The second-order valence-electron chi connectivity index (χ2n) is 3.78. The third-order valence-electron chi connectivity index (χ3n) is 2.41. The number of carbonyl (C=O) groups excluding carboxylic acids is 1. The molecule has 4 nitrogen and oxygen atoms in total. The molecule has 0 spiro atoms. The summed E-state index contributed by atoms with van der Waals surface area (Å²) >= 11 is 0. The van der Waals surface area contributed by atoms with E-state index in [-0.39, 0.29) is 5.69 Å². The van der Waals surface area contributed by atoms with Crippen LogP contribution in [0.4, 0.5) is 10.1 Å². The number of methoxy groups -OCH3 is 1. The van der Waals surface area contributed by atoms with Gasteiger partial charge in [0.15, 0.2) is 0 Å². The number of benzene rings is 1. The molecule has 100 valence electrons. The molecule has 1 N–H and O–H groups in total. The van der Waals surface area contributed by atoms with Gasteiger partial charge in [0.1, 0.15) is 11.6 Å². The average Bonchev–Trinajstić information content (AvgIpc) is 2.46. The summed E-state index contributed by atoms with van der Waals surface area (Å²) in [5, 5.41) is 2.48. The Labute approximate surface area is 115 Å². The highest BCUT2D eigenvalue weighted by Crippen LogP contribution is 2.24. The van der Waals surface area contributed by atoms with E-state index in [9.17, 15) is 9.18 Å². The summed E-state index contributed by atoms with van der Waals surface area (Å²) in [6, 6.07) is 7.22. The van der Waals surface area contributed by atoms with Crippen molar-refractivity contribution in [2.75, 3.05) is 12.4 Å². The third-order valence-corrected chi connectivity index (χ3v) is 2.41. The highest BCUT2D eigenvalue weighted by molar-refractivity contribution is 6.05. The van der Waals surface area contributed by atoms with Crippen LogP contribution in [0.5, 0.6) is 5.75 Å². The highest BCUT2D eigenvalue weighted by Gasteiger charge is 2.06. The van der Waals surface area contributed by atoms with Crippen LogP contribution in [-0.4, -0.2) is 18.0 Å². The minimum absolute atomic E-state index is 0.238. The molecular weight excluding hydrogens is 259 g/mol. The van der Waals surface area contributed by atoms with Crippen LogP contribution in [0.1, 0.15) is 5.56 Å². The largest absolute Gasteiger partial charge is 0.495 e. The Balaban J connectivity index is 2.13. The number of hydrogen-bond donors (Lipinski definition) is 1. The van der Waals surface area contributed by atoms with Gasteiger partial charge in [-0.3, -0.25) is 9.78 Å². The van der Waals surface area contributed by atoms with Gasteiger partial charge in [0.25, 0.3) is 0 Å². The molecule has 1 amide bonds. The fourth-order valence-electron chi connectivity index (χ4n) is 1.50. The molecule has 1 heterocycles. The molecule has 2 aromatic rings. The van der Waals surface area contributed by atoms with Crippen molar-refractivity contribution in [1.29, 1.82) is 0 Å². The van der Waals surface area contributed by atoms with Crippen molar-refractivity contribution in [3.63, 3.8) is 0 Å². The maximum absolute atomic E-state index is 13.1. The molecule has 1 aromatic carbocycles. The van der Waals surface area contributed by atoms with Crippen molar-refractivity contribution in [2.45, 2.75) is 0 Å². The van der Waals surface area contributed by atoms with Crippen LogP contribution in [0, 0.1) is 17.7 Å². The first-order valence-electron chi connectivity index (χ1n) is 5.75. The topological polar surface area (TPSA) is 51.2 Å². The van der Waals surface area contributed by atoms with Gasteiger partial charge in [-0.15, -0.1) is 0 Å². The van der Waals surface area contributed by atoms with Crippen LogP contribution in [0.25, 0.3) is 0 Å². The Morgan fingerprint density at radius 3 is 2.75 bits per heavy atom. The minimum atomic E-state index is -0.550. The molecule has 0 aliphatic carbocycles. The van der Waals surface area contributed by atoms with Gasteiger partial charge in [-0.05, 0) is 24.3 Å². The van der Waals surface area contributed by atoms with E-state index in [1.807, 2.05) is 0 Å². The number of amides is 1. The molecule has 0 radical (unpaired) electrons. The number of hydrogen-bond acceptors (Lipinski definition) is 3. The molecule has 2 rings (SSSR count). The van der Waals surface area contributed by atoms with E-state index in [1.54, 1.807) is 24.5 Å². The molecule has 0 aliphatic heterocycles. The zero-order valence-electron chi connectivity index (χ0n) is 10.7. The van der Waals surface area contributed by atoms with E-state index in [2.05, 4.69) is 22.1 Å². The summed E-state index contributed by atoms with van der Waals surface area (Å²) in [6.45, 7) is 0. The fourth-order valence-corrected chi connectivity index (χ4v) is 1.50. The zero-order chi connectivity index (χ0) is 14.4. The zero-order valence-corrected chi connectivity index (χ0v) is 10.7. The molecule has 20 heavy (non-hydrogen) atoms. The number of ether oxygens (including phenoxy) is 1. The maximum Gasteiger partial charge on any atom is 0.300 e. The van der Waals surface area contributed by atoms with Crippen molar-refractivity contribution in [3.8, 4) is 17.6 Å². The fraction of sp³-hybridized carbons (Fsp3) is 0.0667.